The minimum Gasteiger partial charge on any atom is -0.423 e. The van der Waals surface area contributed by atoms with Crippen LogP contribution >= 0.6 is 0 Å². The van der Waals surface area contributed by atoms with Gasteiger partial charge in [0.2, 0.25) is 0 Å². The van der Waals surface area contributed by atoms with Crippen LogP contribution in [0.5, 0.6) is 0 Å². The summed E-state index contributed by atoms with van der Waals surface area (Å²) < 4.78 is 0. The van der Waals surface area contributed by atoms with E-state index in [9.17, 15) is 10.0 Å². The average Bonchev–Trinajstić information content (AvgIpc) is 2.28. The third-order valence-corrected chi connectivity index (χ3v) is 4.46. The first-order valence-corrected chi connectivity index (χ1v) is 6.44. The molecule has 0 saturated heterocycles. The Balaban J connectivity index is 2.52. The van der Waals surface area contributed by atoms with Crippen molar-refractivity contribution in [1.29, 1.82) is 0 Å². The van der Waals surface area contributed by atoms with Gasteiger partial charge < -0.3 is 10.0 Å². The quantitative estimate of drug-likeness (QED) is 0.760. The van der Waals surface area contributed by atoms with Crippen molar-refractivity contribution >= 4 is 12.6 Å². The molecule has 1 aromatic carbocycles. The van der Waals surface area contributed by atoms with Crippen LogP contribution in [0.2, 0.25) is 0 Å². The maximum atomic E-state index is 9.29. The van der Waals surface area contributed by atoms with E-state index in [2.05, 4.69) is 26.8 Å². The van der Waals surface area contributed by atoms with Crippen LogP contribution < -0.4 is 5.46 Å². The predicted octanol–water partition coefficient (Wildman–Crippen LogP) is 1.62. The van der Waals surface area contributed by atoms with Gasteiger partial charge in [0.05, 0.1) is 0 Å². The molecule has 1 unspecified atom stereocenters. The molecule has 1 aliphatic carbocycles. The van der Waals surface area contributed by atoms with Crippen molar-refractivity contribution in [3.63, 3.8) is 0 Å². The Kier molecular flexibility index (Phi) is 3.33. The molecule has 0 radical (unpaired) electrons. The molecule has 0 fully saturated rings. The molecule has 0 spiro atoms. The lowest BCUT2D eigenvalue weighted by atomic mass is 9.63. The van der Waals surface area contributed by atoms with Crippen LogP contribution in [0.1, 0.15) is 44.7 Å². The zero-order chi connectivity index (χ0) is 12.6. The SMILES string of the molecule is CC(C)C1(C)CCCc2ccc(B(O)O)cc21. The van der Waals surface area contributed by atoms with Gasteiger partial charge in [0.15, 0.2) is 0 Å². The van der Waals surface area contributed by atoms with E-state index in [0.717, 1.165) is 6.42 Å². The van der Waals surface area contributed by atoms with Gasteiger partial charge >= 0.3 is 7.12 Å². The van der Waals surface area contributed by atoms with Gasteiger partial charge in [-0.3, -0.25) is 0 Å². The van der Waals surface area contributed by atoms with E-state index in [1.54, 1.807) is 0 Å². The second kappa shape index (κ2) is 4.47. The lowest BCUT2D eigenvalue weighted by Crippen LogP contribution is -2.37. The summed E-state index contributed by atoms with van der Waals surface area (Å²) in [7, 11) is -1.36. The van der Waals surface area contributed by atoms with Gasteiger partial charge in [-0.05, 0) is 47.2 Å². The highest BCUT2D eigenvalue weighted by atomic mass is 16.4. The van der Waals surface area contributed by atoms with Gasteiger partial charge in [-0.25, -0.2) is 0 Å². The first-order chi connectivity index (χ1) is 7.95. The van der Waals surface area contributed by atoms with Crippen molar-refractivity contribution in [2.75, 3.05) is 0 Å². The van der Waals surface area contributed by atoms with Crippen LogP contribution in [0.4, 0.5) is 0 Å². The van der Waals surface area contributed by atoms with Crippen molar-refractivity contribution in [1.82, 2.24) is 0 Å². The van der Waals surface area contributed by atoms with Gasteiger partial charge in [0.1, 0.15) is 0 Å². The second-order valence-corrected chi connectivity index (χ2v) is 5.72. The molecule has 1 atom stereocenters. The van der Waals surface area contributed by atoms with Crippen molar-refractivity contribution in [2.45, 2.75) is 45.4 Å². The molecule has 0 bridgehead atoms. The Hall–Kier alpha value is -0.795. The van der Waals surface area contributed by atoms with Crippen LogP contribution in [-0.2, 0) is 11.8 Å². The molecule has 0 saturated carbocycles. The minimum atomic E-state index is -1.36. The number of benzene rings is 1. The Morgan fingerprint density at radius 2 is 2.00 bits per heavy atom. The summed E-state index contributed by atoms with van der Waals surface area (Å²) in [5.41, 5.74) is 3.46. The molecule has 17 heavy (non-hydrogen) atoms. The number of aryl methyl sites for hydroxylation is 1. The van der Waals surface area contributed by atoms with Crippen LogP contribution in [0.15, 0.2) is 18.2 Å². The van der Waals surface area contributed by atoms with Crippen molar-refractivity contribution in [3.05, 3.63) is 29.3 Å². The summed E-state index contributed by atoms with van der Waals surface area (Å²) in [6.07, 6.45) is 3.52. The number of hydrogen-bond donors (Lipinski definition) is 2. The minimum absolute atomic E-state index is 0.165. The third kappa shape index (κ3) is 2.14. The highest BCUT2D eigenvalue weighted by Crippen LogP contribution is 2.41. The normalized spacial score (nSPS) is 23.6. The Bertz CT molecular complexity index is 415. The fraction of sp³-hybridized carbons (Fsp3) is 0.571. The zero-order valence-electron chi connectivity index (χ0n) is 10.9. The Morgan fingerprint density at radius 1 is 1.29 bits per heavy atom. The summed E-state index contributed by atoms with van der Waals surface area (Å²) in [4.78, 5) is 0. The molecule has 1 aliphatic rings. The number of hydrogen-bond acceptors (Lipinski definition) is 2. The molecule has 0 amide bonds. The molecule has 2 N–H and O–H groups in total. The van der Waals surface area contributed by atoms with Crippen LogP contribution in [0.3, 0.4) is 0 Å². The first-order valence-electron chi connectivity index (χ1n) is 6.44. The average molecular weight is 232 g/mol. The Labute approximate surface area is 104 Å². The lowest BCUT2D eigenvalue weighted by Gasteiger charge is -2.40. The number of rotatable bonds is 2. The van der Waals surface area contributed by atoms with Gasteiger partial charge in [-0.1, -0.05) is 39.0 Å². The lowest BCUT2D eigenvalue weighted by molar-refractivity contribution is 0.290. The standard InChI is InChI=1S/C14H21BO2/c1-10(2)14(3)8-4-5-11-6-7-12(15(16)17)9-13(11)14/h6-7,9-10,16-17H,4-5,8H2,1-3H3. The van der Waals surface area contributed by atoms with Gasteiger partial charge in [0, 0.05) is 0 Å². The van der Waals surface area contributed by atoms with Crippen molar-refractivity contribution in [3.8, 4) is 0 Å². The van der Waals surface area contributed by atoms with E-state index < -0.39 is 7.12 Å². The first kappa shape index (κ1) is 12.7. The smallest absolute Gasteiger partial charge is 0.423 e. The van der Waals surface area contributed by atoms with Gasteiger partial charge in [-0.15, -0.1) is 0 Å². The summed E-state index contributed by atoms with van der Waals surface area (Å²) in [5, 5.41) is 18.6. The summed E-state index contributed by atoms with van der Waals surface area (Å²) in [6, 6.07) is 5.87. The van der Waals surface area contributed by atoms with E-state index in [4.69, 9.17) is 0 Å². The van der Waals surface area contributed by atoms with Crippen LogP contribution in [0, 0.1) is 5.92 Å². The molecule has 0 aliphatic heterocycles. The molecular weight excluding hydrogens is 211 g/mol. The maximum Gasteiger partial charge on any atom is 0.488 e. The van der Waals surface area contributed by atoms with Crippen LogP contribution in [-0.4, -0.2) is 17.2 Å². The molecule has 3 heteroatoms. The molecule has 0 heterocycles. The molecular formula is C14H21BO2. The monoisotopic (exact) mass is 232 g/mol. The van der Waals surface area contributed by atoms with Crippen LogP contribution in [0.25, 0.3) is 0 Å². The van der Waals surface area contributed by atoms with Crippen molar-refractivity contribution in [2.24, 2.45) is 5.92 Å². The van der Waals surface area contributed by atoms with Gasteiger partial charge in [0.25, 0.3) is 0 Å². The molecule has 1 aromatic rings. The third-order valence-electron chi connectivity index (χ3n) is 4.46. The molecule has 0 aromatic heterocycles. The van der Waals surface area contributed by atoms with E-state index in [1.807, 2.05) is 12.1 Å². The summed E-state index contributed by atoms with van der Waals surface area (Å²) in [5.74, 6) is 0.563. The summed E-state index contributed by atoms with van der Waals surface area (Å²) in [6.45, 7) is 6.79. The van der Waals surface area contributed by atoms with E-state index in [0.29, 0.717) is 11.4 Å². The maximum absolute atomic E-state index is 9.29. The highest BCUT2D eigenvalue weighted by Gasteiger charge is 2.35. The molecule has 2 nitrogen and oxygen atoms in total. The predicted molar refractivity (Wildman–Crippen MR) is 71.4 cm³/mol. The molecule has 92 valence electrons. The fourth-order valence-corrected chi connectivity index (χ4v) is 2.88. The topological polar surface area (TPSA) is 40.5 Å². The summed E-state index contributed by atoms with van der Waals surface area (Å²) >= 11 is 0. The number of fused-ring (bicyclic) bond motifs is 1. The zero-order valence-corrected chi connectivity index (χ0v) is 10.9. The van der Waals surface area contributed by atoms with E-state index in [1.165, 1.54) is 24.0 Å². The van der Waals surface area contributed by atoms with Crippen molar-refractivity contribution < 1.29 is 10.0 Å². The largest absolute Gasteiger partial charge is 0.488 e. The molecule has 2 rings (SSSR count). The van der Waals surface area contributed by atoms with E-state index >= 15 is 0 Å². The highest BCUT2D eigenvalue weighted by molar-refractivity contribution is 6.58. The Morgan fingerprint density at radius 3 is 2.59 bits per heavy atom. The van der Waals surface area contributed by atoms with Gasteiger partial charge in [-0.2, -0.15) is 0 Å². The van der Waals surface area contributed by atoms with E-state index in [-0.39, 0.29) is 5.41 Å². The second-order valence-electron chi connectivity index (χ2n) is 5.72. The fourth-order valence-electron chi connectivity index (χ4n) is 2.88.